The van der Waals surface area contributed by atoms with E-state index in [9.17, 15) is 9.59 Å². The van der Waals surface area contributed by atoms with E-state index in [-0.39, 0.29) is 23.7 Å². The third kappa shape index (κ3) is 3.13. The van der Waals surface area contributed by atoms with Gasteiger partial charge >= 0.3 is 11.8 Å². The standard InChI is InChI=1S/C20H26N2O4/c1-19(2)7-14-8-20(3,10-19)11-22(14)18(24)17(23)21-9-13-4-5-15-16(6-13)26-12-25-15/h4-6,14H,7-12H2,1-3H3,(H,21,23). The Hall–Kier alpha value is -2.24. The first-order chi connectivity index (χ1) is 12.2. The molecule has 1 saturated carbocycles. The summed E-state index contributed by atoms with van der Waals surface area (Å²) >= 11 is 0. The molecule has 1 aromatic rings. The van der Waals surface area contributed by atoms with Crippen LogP contribution in [0.2, 0.25) is 0 Å². The fourth-order valence-electron chi connectivity index (χ4n) is 5.14. The Kier molecular flexibility index (Phi) is 3.90. The van der Waals surface area contributed by atoms with Crippen LogP contribution in [0.1, 0.15) is 45.6 Å². The normalized spacial score (nSPS) is 28.1. The lowest BCUT2D eigenvalue weighted by Crippen LogP contribution is -2.45. The van der Waals surface area contributed by atoms with Crippen molar-refractivity contribution in [3.8, 4) is 11.5 Å². The van der Waals surface area contributed by atoms with Gasteiger partial charge in [-0.1, -0.05) is 26.8 Å². The fraction of sp³-hybridized carbons (Fsp3) is 0.600. The summed E-state index contributed by atoms with van der Waals surface area (Å²) in [6, 6.07) is 5.69. The lowest BCUT2D eigenvalue weighted by Gasteiger charge is -2.39. The zero-order chi connectivity index (χ0) is 18.5. The second kappa shape index (κ2) is 5.89. The van der Waals surface area contributed by atoms with Crippen LogP contribution in [0.5, 0.6) is 11.5 Å². The van der Waals surface area contributed by atoms with E-state index in [1.54, 1.807) is 4.90 Å². The molecule has 1 aromatic carbocycles. The van der Waals surface area contributed by atoms with Gasteiger partial charge in [-0.25, -0.2) is 0 Å². The van der Waals surface area contributed by atoms with Crippen LogP contribution in [0.15, 0.2) is 18.2 Å². The highest BCUT2D eigenvalue weighted by Crippen LogP contribution is 2.52. The van der Waals surface area contributed by atoms with Crippen molar-refractivity contribution in [2.24, 2.45) is 10.8 Å². The van der Waals surface area contributed by atoms with Gasteiger partial charge in [0.05, 0.1) is 0 Å². The predicted octanol–water partition coefficient (Wildman–Crippen LogP) is 2.46. The average molecular weight is 358 g/mol. The first-order valence-corrected chi connectivity index (χ1v) is 9.22. The number of rotatable bonds is 2. The number of hydrogen-bond acceptors (Lipinski definition) is 4. The second-order valence-electron chi connectivity index (χ2n) is 9.02. The van der Waals surface area contributed by atoms with Gasteiger partial charge in [-0.05, 0) is 47.8 Å². The fourth-order valence-corrected chi connectivity index (χ4v) is 5.14. The van der Waals surface area contributed by atoms with Gasteiger partial charge in [-0.15, -0.1) is 0 Å². The third-order valence-corrected chi connectivity index (χ3v) is 5.76. The van der Waals surface area contributed by atoms with Crippen molar-refractivity contribution in [3.05, 3.63) is 23.8 Å². The number of carbonyl (C=O) groups excluding carboxylic acids is 2. The molecule has 1 N–H and O–H groups in total. The summed E-state index contributed by atoms with van der Waals surface area (Å²) in [5, 5.41) is 2.75. The SMILES string of the molecule is CC1(C)CC2CC(C)(CN2C(=O)C(=O)NCc2ccc3c(c2)OCO3)C1. The Morgan fingerprint density at radius 1 is 1.19 bits per heavy atom. The van der Waals surface area contributed by atoms with E-state index < -0.39 is 11.8 Å². The molecule has 2 aliphatic heterocycles. The summed E-state index contributed by atoms with van der Waals surface area (Å²) in [5.41, 5.74) is 1.22. The molecule has 2 heterocycles. The quantitative estimate of drug-likeness (QED) is 0.825. The largest absolute Gasteiger partial charge is 0.454 e. The number of ether oxygens (including phenoxy) is 2. The summed E-state index contributed by atoms with van der Waals surface area (Å²) in [6.45, 7) is 7.93. The van der Waals surface area contributed by atoms with E-state index in [2.05, 4.69) is 26.1 Å². The molecular weight excluding hydrogens is 332 g/mol. The van der Waals surface area contributed by atoms with E-state index in [0.717, 1.165) is 24.8 Å². The summed E-state index contributed by atoms with van der Waals surface area (Å²) in [6.07, 6.45) is 3.06. The molecule has 0 aromatic heterocycles. The van der Waals surface area contributed by atoms with Crippen molar-refractivity contribution >= 4 is 11.8 Å². The number of hydrogen-bond donors (Lipinski definition) is 1. The van der Waals surface area contributed by atoms with Gasteiger partial charge in [0.1, 0.15) is 0 Å². The number of carbonyl (C=O) groups is 2. The lowest BCUT2D eigenvalue weighted by atomic mass is 9.65. The average Bonchev–Trinajstić information content (AvgIpc) is 3.12. The monoisotopic (exact) mass is 358 g/mol. The van der Waals surface area contributed by atoms with Crippen molar-refractivity contribution < 1.29 is 19.1 Å². The van der Waals surface area contributed by atoms with Gasteiger partial charge in [-0.3, -0.25) is 9.59 Å². The van der Waals surface area contributed by atoms with Crippen LogP contribution in [0.3, 0.4) is 0 Å². The Morgan fingerprint density at radius 3 is 2.77 bits per heavy atom. The highest BCUT2D eigenvalue weighted by Gasteiger charge is 2.51. The molecule has 3 aliphatic rings. The molecular formula is C20H26N2O4. The number of likely N-dealkylation sites (tertiary alicyclic amines) is 1. The van der Waals surface area contributed by atoms with Gasteiger partial charge < -0.3 is 19.7 Å². The number of fused-ring (bicyclic) bond motifs is 3. The summed E-state index contributed by atoms with van der Waals surface area (Å²) in [4.78, 5) is 26.9. The highest BCUT2D eigenvalue weighted by atomic mass is 16.7. The number of benzene rings is 1. The number of nitrogens with zero attached hydrogens (tertiary/aromatic N) is 1. The second-order valence-corrected chi connectivity index (χ2v) is 9.02. The van der Waals surface area contributed by atoms with E-state index in [0.29, 0.717) is 24.6 Å². The maximum Gasteiger partial charge on any atom is 0.312 e. The van der Waals surface area contributed by atoms with E-state index in [1.165, 1.54) is 0 Å². The molecule has 26 heavy (non-hydrogen) atoms. The summed E-state index contributed by atoms with van der Waals surface area (Å²) < 4.78 is 10.6. The van der Waals surface area contributed by atoms with Crippen LogP contribution in [0.4, 0.5) is 0 Å². The molecule has 140 valence electrons. The molecule has 2 atom stereocenters. The topological polar surface area (TPSA) is 67.9 Å². The Labute approximate surface area is 153 Å². The minimum Gasteiger partial charge on any atom is -0.454 e. The zero-order valence-corrected chi connectivity index (χ0v) is 15.6. The first kappa shape index (κ1) is 17.2. The molecule has 1 aliphatic carbocycles. The first-order valence-electron chi connectivity index (χ1n) is 9.22. The Balaban J connectivity index is 1.39. The molecule has 6 nitrogen and oxygen atoms in total. The van der Waals surface area contributed by atoms with Gasteiger partial charge in [-0.2, -0.15) is 0 Å². The van der Waals surface area contributed by atoms with Crippen molar-refractivity contribution in [3.63, 3.8) is 0 Å². The number of amides is 2. The Morgan fingerprint density at radius 2 is 1.96 bits per heavy atom. The van der Waals surface area contributed by atoms with Crippen LogP contribution in [-0.2, 0) is 16.1 Å². The van der Waals surface area contributed by atoms with Crippen molar-refractivity contribution in [1.82, 2.24) is 10.2 Å². The molecule has 2 fully saturated rings. The highest BCUT2D eigenvalue weighted by molar-refractivity contribution is 6.35. The van der Waals surface area contributed by atoms with Crippen LogP contribution in [0, 0.1) is 10.8 Å². The molecule has 2 unspecified atom stereocenters. The van der Waals surface area contributed by atoms with Gasteiger partial charge in [0.25, 0.3) is 0 Å². The van der Waals surface area contributed by atoms with Gasteiger partial charge in [0.15, 0.2) is 11.5 Å². The molecule has 2 bridgehead atoms. The van der Waals surface area contributed by atoms with Crippen LogP contribution < -0.4 is 14.8 Å². The van der Waals surface area contributed by atoms with Crippen molar-refractivity contribution in [1.29, 1.82) is 0 Å². The van der Waals surface area contributed by atoms with Gasteiger partial charge in [0, 0.05) is 19.1 Å². The Bertz CT molecular complexity index is 760. The van der Waals surface area contributed by atoms with E-state index in [4.69, 9.17) is 9.47 Å². The van der Waals surface area contributed by atoms with Crippen LogP contribution in [0.25, 0.3) is 0 Å². The third-order valence-electron chi connectivity index (χ3n) is 5.76. The van der Waals surface area contributed by atoms with E-state index >= 15 is 0 Å². The lowest BCUT2D eigenvalue weighted by molar-refractivity contribution is -0.146. The summed E-state index contributed by atoms with van der Waals surface area (Å²) in [5.74, 6) is 0.441. The molecule has 2 amide bonds. The van der Waals surface area contributed by atoms with E-state index in [1.807, 2.05) is 18.2 Å². The summed E-state index contributed by atoms with van der Waals surface area (Å²) in [7, 11) is 0. The molecule has 0 spiro atoms. The minimum absolute atomic E-state index is 0.125. The van der Waals surface area contributed by atoms with Crippen molar-refractivity contribution in [2.45, 2.75) is 52.6 Å². The maximum absolute atomic E-state index is 12.7. The predicted molar refractivity (Wildman–Crippen MR) is 95.7 cm³/mol. The minimum atomic E-state index is -0.531. The van der Waals surface area contributed by atoms with Gasteiger partial charge in [0.2, 0.25) is 6.79 Å². The smallest absolute Gasteiger partial charge is 0.312 e. The molecule has 6 heteroatoms. The van der Waals surface area contributed by atoms with Crippen LogP contribution >= 0.6 is 0 Å². The zero-order valence-electron chi connectivity index (χ0n) is 15.6. The number of nitrogens with one attached hydrogen (secondary N) is 1. The van der Waals surface area contributed by atoms with Crippen LogP contribution in [-0.4, -0.2) is 36.1 Å². The molecule has 4 rings (SSSR count). The maximum atomic E-state index is 12.7. The molecule has 1 saturated heterocycles. The molecule has 0 radical (unpaired) electrons. The van der Waals surface area contributed by atoms with Crippen molar-refractivity contribution in [2.75, 3.05) is 13.3 Å².